The Morgan fingerprint density at radius 3 is 2.75 bits per heavy atom. The number of aromatic nitrogens is 2. The van der Waals surface area contributed by atoms with Crippen molar-refractivity contribution < 1.29 is 4.79 Å². The van der Waals surface area contributed by atoms with Crippen LogP contribution < -0.4 is 10.2 Å². The third-order valence-electron chi connectivity index (χ3n) is 4.50. The van der Waals surface area contributed by atoms with E-state index in [1.165, 1.54) is 4.90 Å². The zero-order valence-electron chi connectivity index (χ0n) is 12.2. The summed E-state index contributed by atoms with van der Waals surface area (Å²) in [5, 5.41) is 11.8. The highest BCUT2D eigenvalue weighted by atomic mass is 16.2. The van der Waals surface area contributed by atoms with E-state index in [1.807, 2.05) is 6.07 Å². The molecule has 1 aromatic heterocycles. The van der Waals surface area contributed by atoms with Gasteiger partial charge in [-0.3, -0.25) is 4.79 Å². The van der Waals surface area contributed by atoms with Crippen LogP contribution in [0.25, 0.3) is 0 Å². The van der Waals surface area contributed by atoms with Gasteiger partial charge in [-0.1, -0.05) is 0 Å². The molecule has 0 aromatic carbocycles. The second-order valence-electron chi connectivity index (χ2n) is 5.95. The molecule has 1 aromatic rings. The summed E-state index contributed by atoms with van der Waals surface area (Å²) in [6, 6.07) is 4.15. The van der Waals surface area contributed by atoms with Gasteiger partial charge in [0.1, 0.15) is 0 Å². The molecule has 20 heavy (non-hydrogen) atoms. The highest BCUT2D eigenvalue weighted by molar-refractivity contribution is 5.91. The third-order valence-corrected chi connectivity index (χ3v) is 4.50. The van der Waals surface area contributed by atoms with Gasteiger partial charge in [0.25, 0.3) is 5.91 Å². The molecule has 0 bridgehead atoms. The van der Waals surface area contributed by atoms with Crippen LogP contribution in [0.5, 0.6) is 0 Å². The summed E-state index contributed by atoms with van der Waals surface area (Å²) in [5.74, 6) is 2.16. The maximum atomic E-state index is 11.8. The fraction of sp³-hybridized carbons (Fsp3) is 0.643. The fourth-order valence-electron chi connectivity index (χ4n) is 3.29. The van der Waals surface area contributed by atoms with E-state index in [0.717, 1.165) is 25.5 Å². The molecule has 2 saturated heterocycles. The van der Waals surface area contributed by atoms with Gasteiger partial charge in [0.05, 0.1) is 0 Å². The average molecular weight is 275 g/mol. The lowest BCUT2D eigenvalue weighted by molar-refractivity contribution is 0.0821. The molecular weight excluding hydrogens is 254 g/mol. The van der Waals surface area contributed by atoms with Gasteiger partial charge >= 0.3 is 0 Å². The molecule has 1 amide bonds. The van der Waals surface area contributed by atoms with Gasteiger partial charge in [-0.05, 0) is 30.9 Å². The predicted octanol–water partition coefficient (Wildman–Crippen LogP) is 0.222. The smallest absolute Gasteiger partial charge is 0.273 e. The highest BCUT2D eigenvalue weighted by Gasteiger charge is 2.42. The number of hydrogen-bond acceptors (Lipinski definition) is 5. The number of hydrogen-bond donors (Lipinski definition) is 1. The Labute approximate surface area is 119 Å². The molecule has 6 nitrogen and oxygen atoms in total. The van der Waals surface area contributed by atoms with Crippen LogP contribution >= 0.6 is 0 Å². The van der Waals surface area contributed by atoms with Crippen LogP contribution in [-0.4, -0.2) is 60.8 Å². The summed E-state index contributed by atoms with van der Waals surface area (Å²) >= 11 is 0. The monoisotopic (exact) mass is 275 g/mol. The fourth-order valence-corrected chi connectivity index (χ4v) is 3.29. The molecule has 1 N–H and O–H groups in total. The summed E-state index contributed by atoms with van der Waals surface area (Å²) in [4.78, 5) is 15.6. The van der Waals surface area contributed by atoms with Crippen molar-refractivity contribution in [2.45, 2.75) is 13.0 Å². The number of nitrogens with one attached hydrogen (secondary N) is 1. The summed E-state index contributed by atoms with van der Waals surface area (Å²) in [6.45, 7) is 5.45. The van der Waals surface area contributed by atoms with Crippen LogP contribution in [-0.2, 0) is 0 Å². The van der Waals surface area contributed by atoms with Crippen molar-refractivity contribution in [1.82, 2.24) is 20.4 Å². The number of anilines is 1. The standard InChI is InChI=1S/C14H21N5O/c1-9-11-7-15-6-10(11)8-19(9)13-5-4-12(16-17-13)14(20)18(2)3/h4-5,9-11,15H,6-8H2,1-3H3. The Morgan fingerprint density at radius 1 is 1.35 bits per heavy atom. The predicted molar refractivity (Wildman–Crippen MR) is 76.7 cm³/mol. The quantitative estimate of drug-likeness (QED) is 0.837. The lowest BCUT2D eigenvalue weighted by Gasteiger charge is -2.25. The second-order valence-corrected chi connectivity index (χ2v) is 5.95. The van der Waals surface area contributed by atoms with E-state index >= 15 is 0 Å². The van der Waals surface area contributed by atoms with Crippen molar-refractivity contribution in [3.05, 3.63) is 17.8 Å². The SMILES string of the molecule is CC1C2CNCC2CN1c1ccc(C(=O)N(C)C)nn1. The van der Waals surface area contributed by atoms with E-state index in [0.29, 0.717) is 23.6 Å². The van der Waals surface area contributed by atoms with E-state index in [2.05, 4.69) is 27.3 Å². The lowest BCUT2D eigenvalue weighted by atomic mass is 9.95. The van der Waals surface area contributed by atoms with Crippen LogP contribution in [0.1, 0.15) is 17.4 Å². The largest absolute Gasteiger partial charge is 0.352 e. The number of carbonyl (C=O) groups excluding carboxylic acids is 1. The molecule has 108 valence electrons. The van der Waals surface area contributed by atoms with Gasteiger partial charge in [0, 0.05) is 39.8 Å². The lowest BCUT2D eigenvalue weighted by Crippen LogP contribution is -2.34. The number of nitrogens with zero attached hydrogens (tertiary/aromatic N) is 4. The van der Waals surface area contributed by atoms with Gasteiger partial charge in [-0.15, -0.1) is 10.2 Å². The van der Waals surface area contributed by atoms with Crippen molar-refractivity contribution in [2.24, 2.45) is 11.8 Å². The molecule has 3 atom stereocenters. The Bertz CT molecular complexity index is 501. The van der Waals surface area contributed by atoms with Gasteiger partial charge in [-0.2, -0.15) is 0 Å². The summed E-state index contributed by atoms with van der Waals surface area (Å²) in [6.07, 6.45) is 0. The molecule has 0 aliphatic carbocycles. The molecule has 2 aliphatic rings. The minimum Gasteiger partial charge on any atom is -0.352 e. The number of fused-ring (bicyclic) bond motifs is 1. The first-order chi connectivity index (χ1) is 9.58. The van der Waals surface area contributed by atoms with Crippen molar-refractivity contribution in [2.75, 3.05) is 38.6 Å². The van der Waals surface area contributed by atoms with Crippen LogP contribution in [0.15, 0.2) is 12.1 Å². The Hall–Kier alpha value is -1.69. The van der Waals surface area contributed by atoms with E-state index in [9.17, 15) is 4.79 Å². The van der Waals surface area contributed by atoms with Crippen molar-refractivity contribution in [3.8, 4) is 0 Å². The molecule has 3 heterocycles. The van der Waals surface area contributed by atoms with Crippen molar-refractivity contribution in [3.63, 3.8) is 0 Å². The second kappa shape index (κ2) is 5.01. The van der Waals surface area contributed by atoms with Crippen molar-refractivity contribution in [1.29, 1.82) is 0 Å². The summed E-state index contributed by atoms with van der Waals surface area (Å²) in [7, 11) is 3.43. The molecule has 0 radical (unpaired) electrons. The van der Waals surface area contributed by atoms with Gasteiger partial charge in [-0.25, -0.2) is 0 Å². The van der Waals surface area contributed by atoms with E-state index in [-0.39, 0.29) is 5.91 Å². The van der Waals surface area contributed by atoms with E-state index in [4.69, 9.17) is 0 Å². The minimum atomic E-state index is -0.111. The zero-order chi connectivity index (χ0) is 14.3. The summed E-state index contributed by atoms with van der Waals surface area (Å²) in [5.41, 5.74) is 0.396. The van der Waals surface area contributed by atoms with Gasteiger partial charge < -0.3 is 15.1 Å². The molecule has 2 aliphatic heterocycles. The minimum absolute atomic E-state index is 0.111. The average Bonchev–Trinajstić information content (AvgIpc) is 3.02. The Kier molecular flexibility index (Phi) is 3.33. The molecule has 3 unspecified atom stereocenters. The first-order valence-corrected chi connectivity index (χ1v) is 7.10. The van der Waals surface area contributed by atoms with Crippen LogP contribution in [0, 0.1) is 11.8 Å². The van der Waals surface area contributed by atoms with Crippen LogP contribution in [0.2, 0.25) is 0 Å². The van der Waals surface area contributed by atoms with E-state index in [1.54, 1.807) is 20.2 Å². The summed E-state index contributed by atoms with van der Waals surface area (Å²) < 4.78 is 0. The first kappa shape index (κ1) is 13.3. The van der Waals surface area contributed by atoms with Gasteiger partial charge in [0.2, 0.25) is 0 Å². The van der Waals surface area contributed by atoms with Crippen LogP contribution in [0.3, 0.4) is 0 Å². The third kappa shape index (κ3) is 2.14. The molecule has 0 saturated carbocycles. The number of carbonyl (C=O) groups is 1. The molecule has 0 spiro atoms. The normalized spacial score (nSPS) is 28.6. The Morgan fingerprint density at radius 2 is 2.15 bits per heavy atom. The Balaban J connectivity index is 1.77. The van der Waals surface area contributed by atoms with E-state index < -0.39 is 0 Å². The zero-order valence-corrected chi connectivity index (χ0v) is 12.2. The molecule has 3 rings (SSSR count). The topological polar surface area (TPSA) is 61.4 Å². The molecule has 6 heteroatoms. The maximum Gasteiger partial charge on any atom is 0.273 e. The highest BCUT2D eigenvalue weighted by Crippen LogP contribution is 2.34. The number of amides is 1. The van der Waals surface area contributed by atoms with Crippen LogP contribution in [0.4, 0.5) is 5.82 Å². The molecular formula is C14H21N5O. The number of rotatable bonds is 2. The first-order valence-electron chi connectivity index (χ1n) is 7.10. The molecule has 2 fully saturated rings. The van der Waals surface area contributed by atoms with Crippen molar-refractivity contribution >= 4 is 11.7 Å². The maximum absolute atomic E-state index is 11.8. The van der Waals surface area contributed by atoms with Gasteiger partial charge in [0.15, 0.2) is 11.5 Å².